The van der Waals surface area contributed by atoms with Crippen molar-refractivity contribution in [1.29, 1.82) is 0 Å². The Kier molecular flexibility index (Phi) is 9.01. The fraction of sp³-hybridized carbons (Fsp3) is 0.500. The van der Waals surface area contributed by atoms with Gasteiger partial charge in [-0.05, 0) is 44.4 Å². The van der Waals surface area contributed by atoms with Gasteiger partial charge in [-0.1, -0.05) is 57.1 Å². The number of methoxy groups -OCH3 is 1. The van der Waals surface area contributed by atoms with Crippen LogP contribution in [-0.2, 0) is 9.47 Å². The lowest BCUT2D eigenvalue weighted by atomic mass is 9.98. The van der Waals surface area contributed by atoms with Crippen LogP contribution in [0, 0.1) is 5.92 Å². The first-order valence-corrected chi connectivity index (χ1v) is 12.6. The molecule has 7 nitrogen and oxygen atoms in total. The summed E-state index contributed by atoms with van der Waals surface area (Å²) in [6, 6.07) is 5.61. The SMILES string of the molecule is CCC(CC)CNC1=C(c2ccc3c(c2)N(C(=O)OC(C)C)CC(C)N3C(=O)OC)C=CC=CC1. The van der Waals surface area contributed by atoms with Crippen LogP contribution in [-0.4, -0.2) is 44.5 Å². The fourth-order valence-corrected chi connectivity index (χ4v) is 4.52. The molecule has 1 aromatic rings. The largest absolute Gasteiger partial charge is 0.452 e. The van der Waals surface area contributed by atoms with Gasteiger partial charge in [0, 0.05) is 24.2 Å². The van der Waals surface area contributed by atoms with E-state index in [1.165, 1.54) is 7.11 Å². The Hall–Kier alpha value is -3.22. The van der Waals surface area contributed by atoms with Gasteiger partial charge in [0.15, 0.2) is 0 Å². The Balaban J connectivity index is 2.08. The van der Waals surface area contributed by atoms with Gasteiger partial charge in [-0.2, -0.15) is 0 Å². The van der Waals surface area contributed by atoms with Crippen LogP contribution in [0.3, 0.4) is 0 Å². The van der Waals surface area contributed by atoms with Crippen molar-refractivity contribution in [2.24, 2.45) is 5.92 Å². The lowest BCUT2D eigenvalue weighted by molar-refractivity contribution is 0.121. The van der Waals surface area contributed by atoms with Crippen LogP contribution >= 0.6 is 0 Å². The van der Waals surface area contributed by atoms with Gasteiger partial charge in [-0.25, -0.2) is 9.59 Å². The lowest BCUT2D eigenvalue weighted by Gasteiger charge is -2.40. The van der Waals surface area contributed by atoms with Crippen LogP contribution in [0.25, 0.3) is 5.57 Å². The molecular formula is C28H39N3O4. The number of allylic oxidation sites excluding steroid dienone is 5. The van der Waals surface area contributed by atoms with Gasteiger partial charge < -0.3 is 14.8 Å². The van der Waals surface area contributed by atoms with Crippen LogP contribution in [0.15, 0.2) is 48.2 Å². The smallest absolute Gasteiger partial charge is 0.414 e. The molecule has 0 spiro atoms. The van der Waals surface area contributed by atoms with Gasteiger partial charge in [-0.3, -0.25) is 9.80 Å². The van der Waals surface area contributed by atoms with Gasteiger partial charge in [0.2, 0.25) is 0 Å². The molecule has 7 heteroatoms. The predicted octanol–water partition coefficient (Wildman–Crippen LogP) is 6.27. The summed E-state index contributed by atoms with van der Waals surface area (Å²) in [6.07, 6.45) is 10.3. The zero-order valence-electron chi connectivity index (χ0n) is 21.8. The van der Waals surface area contributed by atoms with E-state index in [1.807, 2.05) is 45.0 Å². The van der Waals surface area contributed by atoms with Crippen molar-refractivity contribution in [3.05, 3.63) is 53.8 Å². The summed E-state index contributed by atoms with van der Waals surface area (Å²) in [6.45, 7) is 11.2. The molecule has 35 heavy (non-hydrogen) atoms. The number of nitrogens with zero attached hydrogens (tertiary/aromatic N) is 2. The van der Waals surface area contributed by atoms with Crippen molar-refractivity contribution >= 4 is 29.1 Å². The van der Waals surface area contributed by atoms with Crippen molar-refractivity contribution in [2.45, 2.75) is 66.0 Å². The second-order valence-electron chi connectivity index (χ2n) is 9.38. The van der Waals surface area contributed by atoms with Crippen molar-refractivity contribution in [1.82, 2.24) is 5.32 Å². The van der Waals surface area contributed by atoms with Crippen molar-refractivity contribution in [3.63, 3.8) is 0 Å². The molecular weight excluding hydrogens is 442 g/mol. The molecule has 3 rings (SSSR count). The highest BCUT2D eigenvalue weighted by Gasteiger charge is 2.36. The summed E-state index contributed by atoms with van der Waals surface area (Å²) in [7, 11) is 1.37. The fourth-order valence-electron chi connectivity index (χ4n) is 4.52. The van der Waals surface area contributed by atoms with Gasteiger partial charge in [-0.15, -0.1) is 0 Å². The number of nitrogens with one attached hydrogen (secondary N) is 1. The first kappa shape index (κ1) is 26.4. The maximum absolute atomic E-state index is 13.0. The standard InChI is InChI=1S/C28H39N3O4/c1-7-21(8-2)17-29-24-13-11-9-10-12-23(24)22-14-15-25-26(16-22)30(27(32)35-19(3)4)18-20(5)31(25)28(33)34-6/h9-12,14-16,19-21,29H,7-8,13,17-18H2,1-6H3. The Morgan fingerprint density at radius 1 is 1.11 bits per heavy atom. The van der Waals surface area contributed by atoms with E-state index in [4.69, 9.17) is 9.47 Å². The molecule has 1 aliphatic carbocycles. The second-order valence-corrected chi connectivity index (χ2v) is 9.38. The number of ether oxygens (including phenoxy) is 2. The van der Waals surface area contributed by atoms with Crippen molar-refractivity contribution in [2.75, 3.05) is 30.0 Å². The maximum Gasteiger partial charge on any atom is 0.414 e. The quantitative estimate of drug-likeness (QED) is 0.497. The molecule has 1 aliphatic heterocycles. The zero-order valence-corrected chi connectivity index (χ0v) is 21.8. The Morgan fingerprint density at radius 2 is 1.86 bits per heavy atom. The minimum absolute atomic E-state index is 0.248. The monoisotopic (exact) mass is 481 g/mol. The number of amides is 2. The molecule has 1 heterocycles. The molecule has 1 aromatic carbocycles. The Labute approximate surface area is 209 Å². The summed E-state index contributed by atoms with van der Waals surface area (Å²) < 4.78 is 10.6. The third-order valence-electron chi connectivity index (χ3n) is 6.57. The molecule has 190 valence electrons. The minimum atomic E-state index is -0.450. The van der Waals surface area contributed by atoms with Crippen LogP contribution < -0.4 is 15.1 Å². The number of rotatable bonds is 7. The highest BCUT2D eigenvalue weighted by atomic mass is 16.6. The number of carbonyl (C=O) groups is 2. The predicted molar refractivity (Wildman–Crippen MR) is 142 cm³/mol. The highest BCUT2D eigenvalue weighted by Crippen LogP contribution is 2.39. The molecule has 2 amide bonds. The highest BCUT2D eigenvalue weighted by molar-refractivity contribution is 6.01. The average molecular weight is 482 g/mol. The number of hydrogen-bond acceptors (Lipinski definition) is 5. The van der Waals surface area contributed by atoms with E-state index >= 15 is 0 Å². The Bertz CT molecular complexity index is 1010. The molecule has 1 unspecified atom stereocenters. The molecule has 0 aromatic heterocycles. The van der Waals surface area contributed by atoms with Gasteiger partial charge in [0.05, 0.1) is 37.2 Å². The van der Waals surface area contributed by atoms with E-state index in [0.717, 1.165) is 42.6 Å². The van der Waals surface area contributed by atoms with E-state index in [2.05, 4.69) is 37.4 Å². The molecule has 0 radical (unpaired) electrons. The number of carbonyl (C=O) groups excluding carboxylic acids is 2. The third kappa shape index (κ3) is 6.08. The van der Waals surface area contributed by atoms with E-state index in [9.17, 15) is 9.59 Å². The topological polar surface area (TPSA) is 71.1 Å². The Morgan fingerprint density at radius 3 is 2.51 bits per heavy atom. The normalized spacial score (nSPS) is 17.5. The summed E-state index contributed by atoms with van der Waals surface area (Å²) in [4.78, 5) is 28.9. The average Bonchev–Trinajstić information content (AvgIpc) is 3.08. The number of fused-ring (bicyclic) bond motifs is 1. The summed E-state index contributed by atoms with van der Waals surface area (Å²) in [5.74, 6) is 0.611. The lowest BCUT2D eigenvalue weighted by Crippen LogP contribution is -2.52. The molecule has 0 saturated heterocycles. The number of benzene rings is 1. The van der Waals surface area contributed by atoms with Crippen LogP contribution in [0.5, 0.6) is 0 Å². The molecule has 0 saturated carbocycles. The van der Waals surface area contributed by atoms with E-state index in [1.54, 1.807) is 9.80 Å². The third-order valence-corrected chi connectivity index (χ3v) is 6.57. The first-order valence-electron chi connectivity index (χ1n) is 12.6. The first-order chi connectivity index (χ1) is 16.8. The van der Waals surface area contributed by atoms with E-state index in [-0.39, 0.29) is 12.1 Å². The summed E-state index contributed by atoms with van der Waals surface area (Å²) in [5, 5.41) is 3.68. The van der Waals surface area contributed by atoms with Crippen LogP contribution in [0.4, 0.5) is 21.0 Å². The minimum Gasteiger partial charge on any atom is -0.452 e. The number of hydrogen-bond donors (Lipinski definition) is 1. The van der Waals surface area contributed by atoms with Crippen molar-refractivity contribution < 1.29 is 19.1 Å². The summed E-state index contributed by atoms with van der Waals surface area (Å²) >= 11 is 0. The second kappa shape index (κ2) is 12.0. The molecule has 0 bridgehead atoms. The van der Waals surface area contributed by atoms with Gasteiger partial charge >= 0.3 is 12.2 Å². The molecule has 1 N–H and O–H groups in total. The van der Waals surface area contributed by atoms with E-state index in [0.29, 0.717) is 23.8 Å². The van der Waals surface area contributed by atoms with Crippen LogP contribution in [0.1, 0.15) is 59.4 Å². The number of anilines is 2. The zero-order chi connectivity index (χ0) is 25.5. The molecule has 1 atom stereocenters. The van der Waals surface area contributed by atoms with Gasteiger partial charge in [0.25, 0.3) is 0 Å². The maximum atomic E-state index is 13.0. The molecule has 2 aliphatic rings. The summed E-state index contributed by atoms with van der Waals surface area (Å²) in [5.41, 5.74) is 4.45. The molecule has 0 fully saturated rings. The van der Waals surface area contributed by atoms with E-state index < -0.39 is 12.2 Å². The van der Waals surface area contributed by atoms with Crippen molar-refractivity contribution in [3.8, 4) is 0 Å². The van der Waals surface area contributed by atoms with Gasteiger partial charge in [0.1, 0.15) is 0 Å². The van der Waals surface area contributed by atoms with Crippen LogP contribution in [0.2, 0.25) is 0 Å².